The van der Waals surface area contributed by atoms with Crippen molar-refractivity contribution in [1.82, 2.24) is 4.98 Å². The second-order valence-corrected chi connectivity index (χ2v) is 7.79. The molecule has 0 spiro atoms. The maximum absolute atomic E-state index is 14.7. The largest absolute Gasteiger partial charge is 0.461 e. The Hall–Kier alpha value is -2.04. The highest BCUT2D eigenvalue weighted by atomic mass is 19.3. The lowest BCUT2D eigenvalue weighted by atomic mass is 9.78. The van der Waals surface area contributed by atoms with Gasteiger partial charge >= 0.3 is 5.97 Å². The summed E-state index contributed by atoms with van der Waals surface area (Å²) in [7, 11) is 0. The summed E-state index contributed by atoms with van der Waals surface area (Å²) in [5.74, 6) is -3.68. The van der Waals surface area contributed by atoms with Gasteiger partial charge < -0.3 is 4.74 Å². The molecule has 6 rings (SSSR count). The number of esters is 1. The van der Waals surface area contributed by atoms with Gasteiger partial charge in [-0.3, -0.25) is 4.98 Å². The SMILES string of the molecule is Cc1ccc2ncccc2c1C(=O)OCC12C3CCC(CC31)C2(F)F. The monoisotopic (exact) mass is 343 g/mol. The van der Waals surface area contributed by atoms with Crippen LogP contribution in [-0.4, -0.2) is 23.5 Å². The van der Waals surface area contributed by atoms with Crippen LogP contribution < -0.4 is 0 Å². The summed E-state index contributed by atoms with van der Waals surface area (Å²) in [5, 5.41) is 0.706. The molecule has 0 saturated heterocycles. The van der Waals surface area contributed by atoms with E-state index >= 15 is 0 Å². The van der Waals surface area contributed by atoms with Crippen LogP contribution in [0, 0.1) is 30.1 Å². The van der Waals surface area contributed by atoms with Gasteiger partial charge in [-0.1, -0.05) is 12.1 Å². The van der Waals surface area contributed by atoms with Crippen LogP contribution in [0.1, 0.15) is 35.2 Å². The van der Waals surface area contributed by atoms with Crippen molar-refractivity contribution in [1.29, 1.82) is 0 Å². The van der Waals surface area contributed by atoms with Crippen molar-refractivity contribution in [3.05, 3.63) is 41.6 Å². The van der Waals surface area contributed by atoms with Crippen LogP contribution in [0.4, 0.5) is 8.78 Å². The first kappa shape index (κ1) is 15.2. The minimum Gasteiger partial charge on any atom is -0.461 e. The lowest BCUT2D eigenvalue weighted by Crippen LogP contribution is -2.42. The maximum atomic E-state index is 14.7. The number of pyridine rings is 1. The van der Waals surface area contributed by atoms with E-state index in [-0.39, 0.29) is 18.4 Å². The molecule has 130 valence electrons. The summed E-state index contributed by atoms with van der Waals surface area (Å²) in [5.41, 5.74) is 0.816. The summed E-state index contributed by atoms with van der Waals surface area (Å²) < 4.78 is 34.9. The molecule has 4 unspecified atom stereocenters. The fourth-order valence-corrected chi connectivity index (χ4v) is 5.55. The molecule has 4 aliphatic carbocycles. The number of alkyl halides is 2. The van der Waals surface area contributed by atoms with Crippen LogP contribution in [-0.2, 0) is 4.74 Å². The number of halogens is 2. The molecule has 1 aromatic carbocycles. The molecule has 5 heteroatoms. The lowest BCUT2D eigenvalue weighted by Gasteiger charge is -2.35. The quantitative estimate of drug-likeness (QED) is 0.776. The number of nitrogens with zero attached hydrogens (tertiary/aromatic N) is 1. The molecule has 4 atom stereocenters. The minimum absolute atomic E-state index is 0.0237. The van der Waals surface area contributed by atoms with E-state index in [1.165, 1.54) is 0 Å². The van der Waals surface area contributed by atoms with Crippen molar-refractivity contribution < 1.29 is 18.3 Å². The van der Waals surface area contributed by atoms with Crippen LogP contribution in [0.15, 0.2) is 30.5 Å². The van der Waals surface area contributed by atoms with E-state index in [1.807, 2.05) is 25.1 Å². The highest BCUT2D eigenvalue weighted by molar-refractivity contribution is 6.04. The predicted molar refractivity (Wildman–Crippen MR) is 88.5 cm³/mol. The Morgan fingerprint density at radius 3 is 2.84 bits per heavy atom. The Morgan fingerprint density at radius 1 is 1.28 bits per heavy atom. The smallest absolute Gasteiger partial charge is 0.339 e. The number of aryl methyl sites for hydroxylation is 1. The maximum Gasteiger partial charge on any atom is 0.339 e. The third-order valence-electron chi connectivity index (χ3n) is 6.84. The molecule has 0 aliphatic heterocycles. The van der Waals surface area contributed by atoms with E-state index < -0.39 is 23.2 Å². The number of benzene rings is 1. The standard InChI is InChI=1S/C20H19F2NO2/c1-11-4-7-16-13(3-2-8-23-16)17(11)18(24)25-10-19-14-6-5-12(9-15(14)19)20(19,21)22/h2-4,7-8,12,14-15H,5-6,9-10H2,1H3. The van der Waals surface area contributed by atoms with E-state index in [1.54, 1.807) is 12.3 Å². The van der Waals surface area contributed by atoms with Gasteiger partial charge in [0.25, 0.3) is 5.92 Å². The predicted octanol–water partition coefficient (Wildman–Crippen LogP) is 4.38. The van der Waals surface area contributed by atoms with Crippen LogP contribution in [0.3, 0.4) is 0 Å². The van der Waals surface area contributed by atoms with Crippen LogP contribution in [0.2, 0.25) is 0 Å². The van der Waals surface area contributed by atoms with Crippen molar-refractivity contribution >= 4 is 16.9 Å². The van der Waals surface area contributed by atoms with Crippen molar-refractivity contribution in [2.45, 2.75) is 32.1 Å². The van der Waals surface area contributed by atoms with Gasteiger partial charge in [-0.25, -0.2) is 13.6 Å². The number of hydrogen-bond donors (Lipinski definition) is 0. The van der Waals surface area contributed by atoms with Gasteiger partial charge in [0, 0.05) is 17.5 Å². The Morgan fingerprint density at radius 2 is 2.12 bits per heavy atom. The Balaban J connectivity index is 1.44. The molecule has 2 aromatic rings. The summed E-state index contributed by atoms with van der Waals surface area (Å²) >= 11 is 0. The number of fused-ring (bicyclic) bond motifs is 2. The highest BCUT2D eigenvalue weighted by Gasteiger charge is 2.85. The topological polar surface area (TPSA) is 39.2 Å². The van der Waals surface area contributed by atoms with Crippen molar-refractivity contribution in [2.24, 2.45) is 23.2 Å². The average molecular weight is 343 g/mol. The van der Waals surface area contributed by atoms with Gasteiger partial charge in [0.15, 0.2) is 0 Å². The molecule has 4 saturated carbocycles. The third kappa shape index (κ3) is 1.79. The summed E-state index contributed by atoms with van der Waals surface area (Å²) in [6, 6.07) is 7.24. The molecule has 3 nitrogen and oxygen atoms in total. The minimum atomic E-state index is -2.70. The van der Waals surface area contributed by atoms with Gasteiger partial charge in [0.1, 0.15) is 6.61 Å². The zero-order chi connectivity index (χ0) is 17.4. The molecule has 4 aliphatic rings. The van der Waals surface area contributed by atoms with Crippen molar-refractivity contribution in [3.8, 4) is 0 Å². The molecule has 1 heterocycles. The fraction of sp³-hybridized carbons (Fsp3) is 0.500. The van der Waals surface area contributed by atoms with Crippen molar-refractivity contribution in [2.75, 3.05) is 6.61 Å². The number of rotatable bonds is 3. The van der Waals surface area contributed by atoms with Crippen LogP contribution >= 0.6 is 0 Å². The number of hydrogen-bond acceptors (Lipinski definition) is 3. The Bertz CT molecular complexity index is 890. The lowest BCUT2D eigenvalue weighted by molar-refractivity contribution is -0.142. The zero-order valence-corrected chi connectivity index (χ0v) is 14.0. The van der Waals surface area contributed by atoms with Gasteiger partial charge in [0.05, 0.1) is 16.5 Å². The molecule has 4 bridgehead atoms. The summed E-state index contributed by atoms with van der Waals surface area (Å²) in [6.45, 7) is 1.66. The molecular weight excluding hydrogens is 324 g/mol. The summed E-state index contributed by atoms with van der Waals surface area (Å²) in [4.78, 5) is 17.0. The molecule has 0 radical (unpaired) electrons. The van der Waals surface area contributed by atoms with E-state index in [2.05, 4.69) is 4.98 Å². The highest BCUT2D eigenvalue weighted by Crippen LogP contribution is 2.81. The molecule has 4 fully saturated rings. The first-order valence-electron chi connectivity index (χ1n) is 8.86. The van der Waals surface area contributed by atoms with E-state index in [9.17, 15) is 13.6 Å². The van der Waals surface area contributed by atoms with Crippen molar-refractivity contribution in [3.63, 3.8) is 0 Å². The van der Waals surface area contributed by atoms with Gasteiger partial charge in [-0.2, -0.15) is 0 Å². The molecule has 0 amide bonds. The molecule has 1 aromatic heterocycles. The third-order valence-corrected chi connectivity index (χ3v) is 6.84. The van der Waals surface area contributed by atoms with Gasteiger partial charge in [0.2, 0.25) is 0 Å². The van der Waals surface area contributed by atoms with E-state index in [0.29, 0.717) is 29.3 Å². The first-order chi connectivity index (χ1) is 12.0. The van der Waals surface area contributed by atoms with Crippen LogP contribution in [0.5, 0.6) is 0 Å². The molecule has 0 N–H and O–H groups in total. The molecular formula is C20H19F2NO2. The van der Waals surface area contributed by atoms with Crippen LogP contribution in [0.25, 0.3) is 10.9 Å². The first-order valence-corrected chi connectivity index (χ1v) is 8.86. The number of carbonyl (C=O) groups is 1. The summed E-state index contributed by atoms with van der Waals surface area (Å²) in [6.07, 6.45) is 3.71. The second kappa shape index (κ2) is 4.77. The second-order valence-electron chi connectivity index (χ2n) is 7.79. The number of aromatic nitrogens is 1. The number of carbonyl (C=O) groups excluding carboxylic acids is 1. The fourth-order valence-electron chi connectivity index (χ4n) is 5.55. The Labute approximate surface area is 144 Å². The number of ether oxygens (including phenoxy) is 1. The zero-order valence-electron chi connectivity index (χ0n) is 14.0. The van der Waals surface area contributed by atoms with Gasteiger partial charge in [-0.15, -0.1) is 0 Å². The normalized spacial score (nSPS) is 34.1. The van der Waals surface area contributed by atoms with E-state index in [4.69, 9.17) is 4.74 Å². The average Bonchev–Trinajstić information content (AvgIpc) is 3.23. The van der Waals surface area contributed by atoms with E-state index in [0.717, 1.165) is 12.0 Å². The Kier molecular flexibility index (Phi) is 2.91. The van der Waals surface area contributed by atoms with Gasteiger partial charge in [-0.05, 0) is 55.7 Å². The molecule has 25 heavy (non-hydrogen) atoms.